The van der Waals surface area contributed by atoms with E-state index >= 15 is 0 Å². The number of carbonyl (C=O) groups excluding carboxylic acids is 1. The van der Waals surface area contributed by atoms with E-state index < -0.39 is 17.3 Å². The molecule has 3 aliphatic rings. The highest BCUT2D eigenvalue weighted by atomic mass is 16.6. The smallest absolute Gasteiger partial charge is 0.306 e. The van der Waals surface area contributed by atoms with Gasteiger partial charge in [-0.3, -0.25) is 4.79 Å². The van der Waals surface area contributed by atoms with Gasteiger partial charge in [0.1, 0.15) is 11.7 Å². The summed E-state index contributed by atoms with van der Waals surface area (Å²) in [5, 5.41) is 21.7. The summed E-state index contributed by atoms with van der Waals surface area (Å²) in [7, 11) is 0. The van der Waals surface area contributed by atoms with E-state index in [0.717, 1.165) is 19.3 Å². The number of aliphatic hydroxyl groups excluding tert-OH is 1. The second-order valence-electron chi connectivity index (χ2n) is 10.5. The van der Waals surface area contributed by atoms with Crippen LogP contribution in [0.4, 0.5) is 0 Å². The molecule has 0 spiro atoms. The summed E-state index contributed by atoms with van der Waals surface area (Å²) in [5.74, 6) is 1.08. The van der Waals surface area contributed by atoms with Crippen molar-refractivity contribution in [2.45, 2.75) is 109 Å². The van der Waals surface area contributed by atoms with Crippen molar-refractivity contribution in [3.8, 4) is 0 Å². The number of ether oxygens (including phenoxy) is 2. The maximum absolute atomic E-state index is 12.5. The van der Waals surface area contributed by atoms with E-state index in [1.807, 2.05) is 13.8 Å². The van der Waals surface area contributed by atoms with Crippen molar-refractivity contribution in [1.82, 2.24) is 0 Å². The lowest BCUT2D eigenvalue weighted by Gasteiger charge is -2.46. The zero-order valence-corrected chi connectivity index (χ0v) is 18.8. The van der Waals surface area contributed by atoms with Gasteiger partial charge in [0.25, 0.3) is 0 Å². The van der Waals surface area contributed by atoms with Crippen LogP contribution in [-0.2, 0) is 14.3 Å². The summed E-state index contributed by atoms with van der Waals surface area (Å²) in [6, 6.07) is 0. The summed E-state index contributed by atoms with van der Waals surface area (Å²) in [4.78, 5) is 12.5. The molecule has 3 rings (SSSR count). The molecule has 5 nitrogen and oxygen atoms in total. The second kappa shape index (κ2) is 8.32. The van der Waals surface area contributed by atoms with Crippen molar-refractivity contribution in [3.05, 3.63) is 12.2 Å². The van der Waals surface area contributed by atoms with Crippen LogP contribution < -0.4 is 0 Å². The molecule has 0 amide bonds. The lowest BCUT2D eigenvalue weighted by molar-refractivity contribution is -0.181. The predicted octanol–water partition coefficient (Wildman–Crippen LogP) is 4.01. The van der Waals surface area contributed by atoms with Gasteiger partial charge in [-0.2, -0.15) is 0 Å². The number of carbonyl (C=O) groups is 1. The van der Waals surface area contributed by atoms with Gasteiger partial charge in [0.05, 0.1) is 17.8 Å². The molecular formula is C24H40O5. The minimum Gasteiger partial charge on any atom is -0.457 e. The molecule has 0 aromatic carbocycles. The fraction of sp³-hybridized carbons (Fsp3) is 0.875. The average Bonchev–Trinajstić information content (AvgIpc) is 3.00. The fourth-order valence-corrected chi connectivity index (χ4v) is 6.08. The van der Waals surface area contributed by atoms with Crippen LogP contribution in [-0.4, -0.2) is 45.7 Å². The molecule has 29 heavy (non-hydrogen) atoms. The Labute approximate surface area is 175 Å². The third-order valence-corrected chi connectivity index (χ3v) is 7.76. The molecule has 5 heteroatoms. The van der Waals surface area contributed by atoms with Gasteiger partial charge in [-0.15, -0.1) is 0 Å². The van der Waals surface area contributed by atoms with Crippen molar-refractivity contribution in [3.63, 3.8) is 0 Å². The number of aliphatic hydroxyl groups is 2. The van der Waals surface area contributed by atoms with Crippen molar-refractivity contribution >= 4 is 5.97 Å². The summed E-state index contributed by atoms with van der Waals surface area (Å²) in [6.07, 6.45) is 3.02. The Bertz CT molecular complexity index is 627. The van der Waals surface area contributed by atoms with Crippen LogP contribution in [0, 0.1) is 23.7 Å². The number of esters is 1. The molecule has 3 fully saturated rings. The predicted molar refractivity (Wildman–Crippen MR) is 112 cm³/mol. The first-order chi connectivity index (χ1) is 13.5. The maximum atomic E-state index is 12.5. The first-order valence-corrected chi connectivity index (χ1v) is 11.5. The molecule has 2 bridgehead atoms. The molecule has 2 heterocycles. The highest BCUT2D eigenvalue weighted by molar-refractivity contribution is 5.69. The van der Waals surface area contributed by atoms with Crippen LogP contribution in [0.15, 0.2) is 12.2 Å². The summed E-state index contributed by atoms with van der Waals surface area (Å²) in [5.41, 5.74) is -0.892. The average molecular weight is 409 g/mol. The minimum atomic E-state index is -1.24. The molecule has 2 aliphatic heterocycles. The zero-order valence-electron chi connectivity index (χ0n) is 18.8. The van der Waals surface area contributed by atoms with Crippen LogP contribution in [0.3, 0.4) is 0 Å². The molecule has 2 N–H and O–H groups in total. The van der Waals surface area contributed by atoms with Crippen LogP contribution in [0.2, 0.25) is 0 Å². The third-order valence-electron chi connectivity index (χ3n) is 7.76. The summed E-state index contributed by atoms with van der Waals surface area (Å²) < 4.78 is 12.7. The molecule has 166 valence electrons. The Hall–Kier alpha value is -0.910. The van der Waals surface area contributed by atoms with E-state index in [-0.39, 0.29) is 30.0 Å². The number of fused-ring (bicyclic) bond motifs is 5. The molecule has 0 aromatic rings. The number of hydrogen-bond acceptors (Lipinski definition) is 5. The lowest BCUT2D eigenvalue weighted by Crippen LogP contribution is -2.52. The molecule has 1 aliphatic carbocycles. The Balaban J connectivity index is 2.04. The van der Waals surface area contributed by atoms with E-state index in [9.17, 15) is 15.0 Å². The number of hydrogen-bond donors (Lipinski definition) is 2. The van der Waals surface area contributed by atoms with Crippen LogP contribution >= 0.6 is 0 Å². The van der Waals surface area contributed by atoms with Crippen LogP contribution in [0.25, 0.3) is 0 Å². The van der Waals surface area contributed by atoms with Gasteiger partial charge in [0.15, 0.2) is 0 Å². The first-order valence-electron chi connectivity index (χ1n) is 11.5. The van der Waals surface area contributed by atoms with Gasteiger partial charge >= 0.3 is 5.97 Å². The Morgan fingerprint density at radius 1 is 1.34 bits per heavy atom. The van der Waals surface area contributed by atoms with Gasteiger partial charge in [-0.25, -0.2) is 0 Å². The summed E-state index contributed by atoms with van der Waals surface area (Å²) in [6.45, 7) is 14.5. The standard InChI is InChI=1S/C24H40O5/c1-7-8-19(26)29-24(6)12-11-18(25)23(5,27)13-17-20-15(4)9-10-16(14(2)3)21(20)22(24)28-17/h14,16-18,20-22,25,27H,4,7-13H2,1-3,5-6H3/t16-,17+,18+,20-,21-,22+,23-,24-/m1/s1. The Morgan fingerprint density at radius 2 is 2.03 bits per heavy atom. The highest BCUT2D eigenvalue weighted by Crippen LogP contribution is 2.56. The highest BCUT2D eigenvalue weighted by Gasteiger charge is 2.60. The van der Waals surface area contributed by atoms with E-state index in [1.165, 1.54) is 5.57 Å². The summed E-state index contributed by atoms with van der Waals surface area (Å²) >= 11 is 0. The van der Waals surface area contributed by atoms with Crippen molar-refractivity contribution < 1.29 is 24.5 Å². The molecule has 0 radical (unpaired) electrons. The fourth-order valence-electron chi connectivity index (χ4n) is 6.08. The normalized spacial score (nSPS) is 45.3. The Morgan fingerprint density at radius 3 is 2.66 bits per heavy atom. The molecular weight excluding hydrogens is 368 g/mol. The Kier molecular flexibility index (Phi) is 6.53. The zero-order chi connectivity index (χ0) is 21.6. The SMILES string of the molecule is C=C1CC[C@H](C(C)C)[C@@H]2[C@H]1[C@@H]1C[C@@](C)(O)[C@@H](O)CC[C@@](C)(OC(=O)CCC)[C@H]2O1. The van der Waals surface area contributed by atoms with E-state index in [0.29, 0.717) is 37.5 Å². The molecule has 8 atom stereocenters. The van der Waals surface area contributed by atoms with Crippen LogP contribution in [0.5, 0.6) is 0 Å². The second-order valence-corrected chi connectivity index (χ2v) is 10.5. The third kappa shape index (κ3) is 4.28. The van der Waals surface area contributed by atoms with E-state index in [2.05, 4.69) is 20.4 Å². The van der Waals surface area contributed by atoms with E-state index in [1.54, 1.807) is 6.92 Å². The number of rotatable bonds is 4. The lowest BCUT2D eigenvalue weighted by atomic mass is 9.60. The van der Waals surface area contributed by atoms with Gasteiger partial charge in [0.2, 0.25) is 0 Å². The van der Waals surface area contributed by atoms with Gasteiger partial charge in [-0.05, 0) is 57.8 Å². The molecule has 2 saturated heterocycles. The van der Waals surface area contributed by atoms with Crippen molar-refractivity contribution in [2.24, 2.45) is 23.7 Å². The van der Waals surface area contributed by atoms with Gasteiger partial charge < -0.3 is 19.7 Å². The largest absolute Gasteiger partial charge is 0.457 e. The van der Waals surface area contributed by atoms with Crippen molar-refractivity contribution in [1.29, 1.82) is 0 Å². The van der Waals surface area contributed by atoms with Gasteiger partial charge in [0, 0.05) is 24.7 Å². The first kappa shape index (κ1) is 22.8. The topological polar surface area (TPSA) is 76.0 Å². The maximum Gasteiger partial charge on any atom is 0.306 e. The van der Waals surface area contributed by atoms with Gasteiger partial charge in [-0.1, -0.05) is 32.9 Å². The molecule has 0 aromatic heterocycles. The molecule has 0 unspecified atom stereocenters. The van der Waals surface area contributed by atoms with Crippen LogP contribution in [0.1, 0.15) is 79.6 Å². The molecule has 1 saturated carbocycles. The van der Waals surface area contributed by atoms with E-state index in [4.69, 9.17) is 9.47 Å². The quantitative estimate of drug-likeness (QED) is 0.543. The monoisotopic (exact) mass is 408 g/mol. The van der Waals surface area contributed by atoms with Crippen molar-refractivity contribution in [2.75, 3.05) is 0 Å². The minimum absolute atomic E-state index is 0.127.